The highest BCUT2D eigenvalue weighted by atomic mass is 35.5. The largest absolute Gasteiger partial charge is 0.326 e. The lowest BCUT2D eigenvalue weighted by Gasteiger charge is -2.10. The third kappa shape index (κ3) is 3.91. The lowest BCUT2D eigenvalue weighted by atomic mass is 10.1. The summed E-state index contributed by atoms with van der Waals surface area (Å²) in [6.45, 7) is 0. The molecule has 4 nitrogen and oxygen atoms in total. The fourth-order valence-electron chi connectivity index (χ4n) is 3.12. The molecule has 4 aromatic rings. The average molecular weight is 408 g/mol. The van der Waals surface area contributed by atoms with Crippen molar-refractivity contribution in [3.8, 4) is 11.1 Å². The summed E-state index contributed by atoms with van der Waals surface area (Å²) in [5, 5.41) is 8.02. The summed E-state index contributed by atoms with van der Waals surface area (Å²) in [7, 11) is 0. The van der Waals surface area contributed by atoms with E-state index in [1.54, 1.807) is 17.8 Å². The first-order chi connectivity index (χ1) is 13.6. The van der Waals surface area contributed by atoms with Gasteiger partial charge in [0.25, 0.3) is 0 Å². The van der Waals surface area contributed by atoms with Crippen molar-refractivity contribution in [1.29, 1.82) is 0 Å². The molecule has 2 aromatic heterocycles. The molecule has 0 radical (unpaired) electrons. The van der Waals surface area contributed by atoms with Crippen LogP contribution in [0.2, 0.25) is 5.02 Å². The van der Waals surface area contributed by atoms with Crippen molar-refractivity contribution in [2.75, 3.05) is 11.6 Å². The molecule has 0 aliphatic rings. The Kier molecular flexibility index (Phi) is 5.37. The Balaban J connectivity index is 1.64. The Morgan fingerprint density at radius 3 is 2.79 bits per heavy atom. The first-order valence-electron chi connectivity index (χ1n) is 8.79. The molecule has 0 aliphatic heterocycles. The Morgan fingerprint density at radius 2 is 1.96 bits per heavy atom. The van der Waals surface area contributed by atoms with Gasteiger partial charge in [-0.05, 0) is 53.8 Å². The van der Waals surface area contributed by atoms with Crippen LogP contribution < -0.4 is 5.32 Å². The minimum atomic E-state index is -0.0998. The van der Waals surface area contributed by atoms with E-state index >= 15 is 0 Å². The molecule has 4 rings (SSSR count). The van der Waals surface area contributed by atoms with Gasteiger partial charge in [0, 0.05) is 27.4 Å². The van der Waals surface area contributed by atoms with Crippen LogP contribution in [-0.2, 0) is 11.2 Å². The highest BCUT2D eigenvalue weighted by Gasteiger charge is 2.11. The van der Waals surface area contributed by atoms with Gasteiger partial charge >= 0.3 is 0 Å². The molecule has 0 bridgehead atoms. The normalized spacial score (nSPS) is 10.9. The maximum atomic E-state index is 12.6. The van der Waals surface area contributed by atoms with Gasteiger partial charge in [-0.3, -0.25) is 4.79 Å². The number of halogens is 1. The van der Waals surface area contributed by atoms with Crippen LogP contribution in [0.1, 0.15) is 5.56 Å². The van der Waals surface area contributed by atoms with E-state index in [1.807, 2.05) is 71.7 Å². The predicted molar refractivity (Wildman–Crippen MR) is 116 cm³/mol. The summed E-state index contributed by atoms with van der Waals surface area (Å²) in [4.78, 5) is 13.6. The second-order valence-corrected chi connectivity index (χ2v) is 7.64. The van der Waals surface area contributed by atoms with Crippen LogP contribution in [0.3, 0.4) is 0 Å². The zero-order valence-electron chi connectivity index (χ0n) is 15.2. The molecular formula is C22H18ClN3OS. The third-order valence-corrected chi connectivity index (χ3v) is 5.55. The van der Waals surface area contributed by atoms with Crippen molar-refractivity contribution in [3.63, 3.8) is 0 Å². The van der Waals surface area contributed by atoms with Crippen molar-refractivity contribution < 1.29 is 4.79 Å². The number of pyridine rings is 1. The third-order valence-electron chi connectivity index (χ3n) is 4.47. The summed E-state index contributed by atoms with van der Waals surface area (Å²) in [5.41, 5.74) is 4.63. The summed E-state index contributed by atoms with van der Waals surface area (Å²) in [6.07, 6.45) is 6.02. The minimum Gasteiger partial charge on any atom is -0.326 e. The van der Waals surface area contributed by atoms with Gasteiger partial charge in [0.15, 0.2) is 0 Å². The number of fused-ring (bicyclic) bond motifs is 1. The van der Waals surface area contributed by atoms with E-state index in [0.29, 0.717) is 5.02 Å². The van der Waals surface area contributed by atoms with Crippen molar-refractivity contribution in [2.24, 2.45) is 0 Å². The van der Waals surface area contributed by atoms with E-state index in [9.17, 15) is 4.79 Å². The van der Waals surface area contributed by atoms with Crippen LogP contribution >= 0.6 is 23.4 Å². The molecule has 0 unspecified atom stereocenters. The molecule has 2 aromatic carbocycles. The first kappa shape index (κ1) is 18.6. The van der Waals surface area contributed by atoms with Gasteiger partial charge in [-0.25, -0.2) is 4.52 Å². The number of anilines is 1. The van der Waals surface area contributed by atoms with Crippen LogP contribution in [0.5, 0.6) is 0 Å². The highest BCUT2D eigenvalue weighted by molar-refractivity contribution is 7.98. The van der Waals surface area contributed by atoms with Crippen LogP contribution in [-0.4, -0.2) is 21.8 Å². The number of hydrogen-bond donors (Lipinski definition) is 1. The van der Waals surface area contributed by atoms with Crippen molar-refractivity contribution in [2.45, 2.75) is 11.3 Å². The molecule has 1 N–H and O–H groups in total. The standard InChI is InChI=1S/C22H18ClN3OS/c1-28-18-11-16(19-14-24-26-9-5-4-8-21(19)26)10-17(13-18)25-22(27)12-15-6-2-3-7-20(15)23/h2-11,13-14H,12H2,1H3,(H,25,27). The van der Waals surface area contributed by atoms with E-state index in [2.05, 4.69) is 16.5 Å². The fourth-order valence-corrected chi connectivity index (χ4v) is 3.81. The van der Waals surface area contributed by atoms with Crippen LogP contribution in [0.15, 0.2) is 78.0 Å². The maximum Gasteiger partial charge on any atom is 0.228 e. The zero-order chi connectivity index (χ0) is 19.5. The molecule has 1 amide bonds. The Hall–Kier alpha value is -2.76. The number of thioether (sulfide) groups is 1. The van der Waals surface area contributed by atoms with Gasteiger partial charge in [-0.15, -0.1) is 11.8 Å². The molecule has 0 fully saturated rings. The summed E-state index contributed by atoms with van der Waals surface area (Å²) < 4.78 is 1.84. The molecule has 0 saturated heterocycles. The van der Waals surface area contributed by atoms with Crippen molar-refractivity contribution in [1.82, 2.24) is 9.61 Å². The molecule has 0 saturated carbocycles. The second-order valence-electron chi connectivity index (χ2n) is 6.36. The molecule has 2 heterocycles. The van der Waals surface area contributed by atoms with E-state index in [-0.39, 0.29) is 12.3 Å². The van der Waals surface area contributed by atoms with Crippen LogP contribution in [0, 0.1) is 0 Å². The first-order valence-corrected chi connectivity index (χ1v) is 10.4. The van der Waals surface area contributed by atoms with Gasteiger partial charge in [0.05, 0.1) is 18.1 Å². The SMILES string of the molecule is CSc1cc(NC(=O)Cc2ccccc2Cl)cc(-c2cnn3ccccc23)c1. The number of carbonyl (C=O) groups excluding carboxylic acids is 1. The Morgan fingerprint density at radius 1 is 1.14 bits per heavy atom. The van der Waals surface area contributed by atoms with E-state index in [0.717, 1.165) is 32.8 Å². The number of rotatable bonds is 5. The summed E-state index contributed by atoms with van der Waals surface area (Å²) >= 11 is 7.81. The lowest BCUT2D eigenvalue weighted by molar-refractivity contribution is -0.115. The second kappa shape index (κ2) is 8.09. The summed E-state index contributed by atoms with van der Waals surface area (Å²) in [5.74, 6) is -0.0998. The van der Waals surface area contributed by atoms with E-state index < -0.39 is 0 Å². The van der Waals surface area contributed by atoms with Gasteiger partial charge in [-0.1, -0.05) is 35.9 Å². The monoisotopic (exact) mass is 407 g/mol. The number of nitrogens with one attached hydrogen (secondary N) is 1. The molecule has 6 heteroatoms. The van der Waals surface area contributed by atoms with Crippen LogP contribution in [0.25, 0.3) is 16.6 Å². The van der Waals surface area contributed by atoms with Crippen LogP contribution in [0.4, 0.5) is 5.69 Å². The Labute approximate surface area is 172 Å². The van der Waals surface area contributed by atoms with E-state index in [4.69, 9.17) is 11.6 Å². The molecule has 140 valence electrons. The topological polar surface area (TPSA) is 46.4 Å². The molecule has 0 spiro atoms. The number of amides is 1. The lowest BCUT2D eigenvalue weighted by Crippen LogP contribution is -2.14. The predicted octanol–water partition coefficient (Wildman–Crippen LogP) is 5.56. The Bertz CT molecular complexity index is 1160. The number of benzene rings is 2. The van der Waals surface area contributed by atoms with E-state index in [1.165, 1.54) is 0 Å². The van der Waals surface area contributed by atoms with Crippen molar-refractivity contribution >= 4 is 40.5 Å². The summed E-state index contributed by atoms with van der Waals surface area (Å²) in [6, 6.07) is 19.4. The zero-order valence-corrected chi connectivity index (χ0v) is 16.8. The van der Waals surface area contributed by atoms with Gasteiger partial charge in [0.1, 0.15) is 0 Å². The number of nitrogens with zero attached hydrogens (tertiary/aromatic N) is 2. The maximum absolute atomic E-state index is 12.6. The van der Waals surface area contributed by atoms with Gasteiger partial charge in [-0.2, -0.15) is 5.10 Å². The minimum absolute atomic E-state index is 0.0998. The average Bonchev–Trinajstić information content (AvgIpc) is 3.13. The molecule has 0 aliphatic carbocycles. The number of carbonyl (C=O) groups is 1. The number of aromatic nitrogens is 2. The van der Waals surface area contributed by atoms with Crippen molar-refractivity contribution in [3.05, 3.63) is 83.6 Å². The fraction of sp³-hybridized carbons (Fsp3) is 0.0909. The number of hydrogen-bond acceptors (Lipinski definition) is 3. The quantitative estimate of drug-likeness (QED) is 0.440. The molecule has 28 heavy (non-hydrogen) atoms. The van der Waals surface area contributed by atoms with Gasteiger partial charge < -0.3 is 5.32 Å². The smallest absolute Gasteiger partial charge is 0.228 e. The highest BCUT2D eigenvalue weighted by Crippen LogP contribution is 2.31. The molecular weight excluding hydrogens is 390 g/mol. The van der Waals surface area contributed by atoms with Gasteiger partial charge in [0.2, 0.25) is 5.91 Å². The molecule has 0 atom stereocenters.